The zero-order valence-electron chi connectivity index (χ0n) is 14.2. The van der Waals surface area contributed by atoms with Gasteiger partial charge in [0.15, 0.2) is 10.8 Å². The second kappa shape index (κ2) is 6.45. The highest BCUT2D eigenvalue weighted by atomic mass is 32.1. The maximum atomic E-state index is 12.4. The average molecular weight is 361 g/mol. The number of hydrogen-bond acceptors (Lipinski definition) is 6. The molecule has 0 bridgehead atoms. The minimum atomic E-state index is -0.240. The number of anilines is 1. The lowest BCUT2D eigenvalue weighted by atomic mass is 10.1. The first-order chi connectivity index (χ1) is 11.3. The molecule has 3 aromatic heterocycles. The molecule has 0 unspecified atom stereocenters. The molecule has 1 amide bonds. The van der Waals surface area contributed by atoms with Crippen molar-refractivity contribution < 1.29 is 4.79 Å². The minimum Gasteiger partial charge on any atom is -0.296 e. The third-order valence-electron chi connectivity index (χ3n) is 3.60. The number of aryl methyl sites for hydroxylation is 3. The van der Waals surface area contributed by atoms with Gasteiger partial charge in [0.2, 0.25) is 0 Å². The van der Waals surface area contributed by atoms with Crippen LogP contribution in [0, 0.1) is 13.8 Å². The molecule has 0 saturated carbocycles. The van der Waals surface area contributed by atoms with Gasteiger partial charge in [-0.05, 0) is 25.8 Å². The second-order valence-electron chi connectivity index (χ2n) is 5.87. The second-order valence-corrected chi connectivity index (χ2v) is 7.93. The Morgan fingerprint density at radius 3 is 2.62 bits per heavy atom. The predicted molar refractivity (Wildman–Crippen MR) is 97.9 cm³/mol. The minimum absolute atomic E-state index is 0.240. The molecular formula is C16H19N5OS2. The van der Waals surface area contributed by atoms with Gasteiger partial charge in [-0.15, -0.1) is 22.7 Å². The third kappa shape index (κ3) is 3.25. The molecule has 0 aliphatic carbocycles. The van der Waals surface area contributed by atoms with Crippen LogP contribution in [0.5, 0.6) is 0 Å². The summed E-state index contributed by atoms with van der Waals surface area (Å²) in [6, 6.07) is 1.82. The summed E-state index contributed by atoms with van der Waals surface area (Å²) in [5, 5.41) is 10.6. The number of nitrogens with zero attached hydrogens (tertiary/aromatic N) is 4. The van der Waals surface area contributed by atoms with Gasteiger partial charge in [0, 0.05) is 18.1 Å². The van der Waals surface area contributed by atoms with Crippen molar-refractivity contribution in [2.75, 3.05) is 5.32 Å². The van der Waals surface area contributed by atoms with E-state index in [9.17, 15) is 4.79 Å². The van der Waals surface area contributed by atoms with Crippen molar-refractivity contribution in [1.29, 1.82) is 0 Å². The molecule has 126 valence electrons. The van der Waals surface area contributed by atoms with E-state index in [1.165, 1.54) is 11.3 Å². The van der Waals surface area contributed by atoms with Crippen molar-refractivity contribution in [2.45, 2.75) is 33.6 Å². The maximum absolute atomic E-state index is 12.4. The van der Waals surface area contributed by atoms with E-state index in [-0.39, 0.29) is 5.91 Å². The number of aromatic nitrogens is 4. The van der Waals surface area contributed by atoms with Gasteiger partial charge in [0.25, 0.3) is 5.91 Å². The van der Waals surface area contributed by atoms with E-state index >= 15 is 0 Å². The number of carbonyl (C=O) groups is 1. The highest BCUT2D eigenvalue weighted by Gasteiger charge is 2.17. The molecule has 0 fully saturated rings. The van der Waals surface area contributed by atoms with Gasteiger partial charge in [-0.2, -0.15) is 5.10 Å². The van der Waals surface area contributed by atoms with Crippen LogP contribution in [-0.4, -0.2) is 25.7 Å². The smallest absolute Gasteiger partial charge is 0.277 e. The summed E-state index contributed by atoms with van der Waals surface area (Å²) < 4.78 is 1.75. The topological polar surface area (TPSA) is 72.7 Å². The van der Waals surface area contributed by atoms with Crippen LogP contribution in [0.4, 0.5) is 5.13 Å². The van der Waals surface area contributed by atoms with Crippen LogP contribution in [0.25, 0.3) is 10.6 Å². The summed E-state index contributed by atoms with van der Waals surface area (Å²) >= 11 is 3.01. The number of amides is 1. The first-order valence-corrected chi connectivity index (χ1v) is 9.30. The Hall–Kier alpha value is -2.06. The molecule has 0 aliphatic heterocycles. The van der Waals surface area contributed by atoms with Crippen LogP contribution >= 0.6 is 22.7 Å². The Kier molecular flexibility index (Phi) is 4.51. The molecule has 6 nitrogen and oxygen atoms in total. The van der Waals surface area contributed by atoms with Crippen molar-refractivity contribution in [3.8, 4) is 10.6 Å². The molecule has 3 rings (SSSR count). The first kappa shape index (κ1) is 16.8. The molecule has 3 aromatic rings. The summed E-state index contributed by atoms with van der Waals surface area (Å²) in [6.07, 6.45) is 0. The zero-order chi connectivity index (χ0) is 17.4. The summed E-state index contributed by atoms with van der Waals surface area (Å²) in [6.45, 7) is 8.09. The molecule has 0 atom stereocenters. The van der Waals surface area contributed by atoms with E-state index in [1.54, 1.807) is 16.0 Å². The van der Waals surface area contributed by atoms with E-state index in [2.05, 4.69) is 34.2 Å². The van der Waals surface area contributed by atoms with E-state index < -0.39 is 0 Å². The molecule has 8 heteroatoms. The molecule has 0 saturated heterocycles. The van der Waals surface area contributed by atoms with Gasteiger partial charge < -0.3 is 0 Å². The Morgan fingerprint density at radius 1 is 1.29 bits per heavy atom. The van der Waals surface area contributed by atoms with E-state index in [1.807, 2.05) is 32.3 Å². The molecule has 3 heterocycles. The average Bonchev–Trinajstić information content (AvgIpc) is 3.18. The van der Waals surface area contributed by atoms with Gasteiger partial charge in [0.1, 0.15) is 0 Å². The highest BCUT2D eigenvalue weighted by Crippen LogP contribution is 2.32. The van der Waals surface area contributed by atoms with E-state index in [0.717, 1.165) is 27.0 Å². The van der Waals surface area contributed by atoms with Crippen molar-refractivity contribution in [3.63, 3.8) is 0 Å². The van der Waals surface area contributed by atoms with E-state index in [0.29, 0.717) is 16.7 Å². The van der Waals surface area contributed by atoms with Crippen LogP contribution in [0.15, 0.2) is 11.4 Å². The fraction of sp³-hybridized carbons (Fsp3) is 0.375. The van der Waals surface area contributed by atoms with Gasteiger partial charge >= 0.3 is 0 Å². The van der Waals surface area contributed by atoms with Crippen LogP contribution in [0.2, 0.25) is 0 Å². The number of carbonyl (C=O) groups excluding carboxylic acids is 1. The molecular weight excluding hydrogens is 342 g/mol. The van der Waals surface area contributed by atoms with Crippen molar-refractivity contribution in [3.05, 3.63) is 33.5 Å². The van der Waals surface area contributed by atoms with Gasteiger partial charge in [-0.3, -0.25) is 14.8 Å². The highest BCUT2D eigenvalue weighted by molar-refractivity contribution is 7.16. The SMILES string of the molecule is Cc1nc(C)c(-c2csc(NC(=O)c3cc(C(C)C)n(C)n3)n2)s1. The molecule has 24 heavy (non-hydrogen) atoms. The zero-order valence-corrected chi connectivity index (χ0v) is 15.9. The van der Waals surface area contributed by atoms with Gasteiger partial charge in [-0.1, -0.05) is 13.8 Å². The first-order valence-electron chi connectivity index (χ1n) is 7.60. The Labute approximate surface area is 148 Å². The summed E-state index contributed by atoms with van der Waals surface area (Å²) in [5.74, 6) is 0.0728. The molecule has 0 aliphatic rings. The summed E-state index contributed by atoms with van der Waals surface area (Å²) in [4.78, 5) is 22.4. The lowest BCUT2D eigenvalue weighted by Gasteiger charge is -2.02. The van der Waals surface area contributed by atoms with Crippen LogP contribution in [-0.2, 0) is 7.05 Å². The monoisotopic (exact) mass is 361 g/mol. The number of rotatable bonds is 4. The number of nitrogens with one attached hydrogen (secondary N) is 1. The third-order valence-corrected chi connectivity index (χ3v) is 5.45. The van der Waals surface area contributed by atoms with Gasteiger partial charge in [-0.25, -0.2) is 9.97 Å². The predicted octanol–water partition coefficient (Wildman–Crippen LogP) is 3.99. The van der Waals surface area contributed by atoms with Crippen molar-refractivity contribution >= 4 is 33.7 Å². The van der Waals surface area contributed by atoms with Gasteiger partial charge in [0.05, 0.1) is 21.3 Å². The Morgan fingerprint density at radius 2 is 2.04 bits per heavy atom. The largest absolute Gasteiger partial charge is 0.296 e. The molecule has 0 radical (unpaired) electrons. The number of thiazole rings is 2. The maximum Gasteiger partial charge on any atom is 0.277 e. The Bertz CT molecular complexity index is 890. The van der Waals surface area contributed by atoms with E-state index in [4.69, 9.17) is 0 Å². The molecule has 0 spiro atoms. The van der Waals surface area contributed by atoms with Crippen molar-refractivity contribution in [2.24, 2.45) is 7.05 Å². The van der Waals surface area contributed by atoms with Crippen molar-refractivity contribution in [1.82, 2.24) is 19.7 Å². The number of hydrogen-bond donors (Lipinski definition) is 1. The lowest BCUT2D eigenvalue weighted by Crippen LogP contribution is -2.12. The van der Waals surface area contributed by atoms with Crippen LogP contribution < -0.4 is 5.32 Å². The fourth-order valence-electron chi connectivity index (χ4n) is 2.50. The van der Waals surface area contributed by atoms with Crippen LogP contribution in [0.1, 0.15) is 46.6 Å². The fourth-order valence-corrected chi connectivity index (χ4v) is 4.15. The standard InChI is InChI=1S/C16H19N5OS2/c1-8(2)13-6-11(20-21(13)5)15(22)19-16-18-12(7-23-16)14-9(3)17-10(4)24-14/h6-8H,1-5H3,(H,18,19,22). The molecule has 1 N–H and O–H groups in total. The normalized spacial score (nSPS) is 11.2. The summed E-state index contributed by atoms with van der Waals surface area (Å²) in [7, 11) is 1.85. The van der Waals surface area contributed by atoms with Crippen LogP contribution in [0.3, 0.4) is 0 Å². The lowest BCUT2D eigenvalue weighted by molar-refractivity contribution is 0.102. The quantitative estimate of drug-likeness (QED) is 0.762. The molecule has 0 aromatic carbocycles. The Balaban J connectivity index is 1.78. The summed E-state index contributed by atoms with van der Waals surface area (Å²) in [5.41, 5.74) is 3.24.